The van der Waals surface area contributed by atoms with E-state index < -0.39 is 0 Å². The van der Waals surface area contributed by atoms with Gasteiger partial charge in [0.25, 0.3) is 0 Å². The van der Waals surface area contributed by atoms with E-state index >= 15 is 0 Å². The topological polar surface area (TPSA) is 36.9 Å². The van der Waals surface area contributed by atoms with Crippen LogP contribution in [0.3, 0.4) is 0 Å². The van der Waals surface area contributed by atoms with Crippen LogP contribution in [0.25, 0.3) is 0 Å². The van der Waals surface area contributed by atoms with Gasteiger partial charge in [0.15, 0.2) is 12.2 Å². The highest BCUT2D eigenvalue weighted by Gasteiger charge is 2.52. The van der Waals surface area contributed by atoms with Crippen molar-refractivity contribution in [2.24, 2.45) is 0 Å². The van der Waals surface area contributed by atoms with Crippen molar-refractivity contribution < 1.29 is 18.9 Å². The van der Waals surface area contributed by atoms with Crippen LogP contribution in [0.15, 0.2) is 35.2 Å². The summed E-state index contributed by atoms with van der Waals surface area (Å²) in [7, 11) is 1.65. The van der Waals surface area contributed by atoms with Gasteiger partial charge in [-0.05, 0) is 19.1 Å². The van der Waals surface area contributed by atoms with Crippen LogP contribution in [0.1, 0.15) is 6.92 Å². The summed E-state index contributed by atoms with van der Waals surface area (Å²) in [5.41, 5.74) is -0.163. The van der Waals surface area contributed by atoms with E-state index in [9.17, 15) is 0 Å². The van der Waals surface area contributed by atoms with Crippen molar-refractivity contribution in [2.45, 2.75) is 41.7 Å². The van der Waals surface area contributed by atoms with Crippen LogP contribution in [0, 0.1) is 0 Å². The Hall–Kier alpha value is -0.820. The molecule has 2 aliphatic rings. The van der Waals surface area contributed by atoms with Gasteiger partial charge >= 0.3 is 5.24 Å². The smallest absolute Gasteiger partial charge is 0.353 e. The molecule has 2 heterocycles. The third kappa shape index (κ3) is 2.65. The fourth-order valence-electron chi connectivity index (χ4n) is 2.54. The molecule has 108 valence electrons. The minimum Gasteiger partial charge on any atom is -0.447 e. The molecule has 0 N–H and O–H groups in total. The molecule has 0 amide bonds. The molecule has 0 bridgehead atoms. The van der Waals surface area contributed by atoms with E-state index in [0.29, 0.717) is 0 Å². The standard InChI is InChI=1S/C14H16O4S2/c1-8-10(15-2)11-12(18-14(19)17-11)13(16-8)20-9-6-4-3-5-7-9/h3-8,10-13H,1-2H3/t8-,10-,11+,12+,13-/m0/s1. The van der Waals surface area contributed by atoms with Crippen LogP contribution in [0.2, 0.25) is 0 Å². The van der Waals surface area contributed by atoms with E-state index in [1.807, 2.05) is 37.3 Å². The van der Waals surface area contributed by atoms with Crippen molar-refractivity contribution >= 4 is 29.2 Å². The van der Waals surface area contributed by atoms with Gasteiger partial charge in [-0.3, -0.25) is 0 Å². The number of thiocarbonyl (C=S) groups is 1. The van der Waals surface area contributed by atoms with E-state index in [0.717, 1.165) is 4.90 Å². The summed E-state index contributed by atoms with van der Waals surface area (Å²) in [5, 5.41) is 0.179. The number of benzene rings is 1. The van der Waals surface area contributed by atoms with Crippen LogP contribution in [-0.4, -0.2) is 42.2 Å². The molecule has 2 saturated heterocycles. The summed E-state index contributed by atoms with van der Waals surface area (Å²) in [4.78, 5) is 1.13. The third-order valence-electron chi connectivity index (χ3n) is 3.46. The highest BCUT2D eigenvalue weighted by molar-refractivity contribution is 7.99. The molecule has 4 nitrogen and oxygen atoms in total. The molecule has 0 spiro atoms. The van der Waals surface area contributed by atoms with Gasteiger partial charge in [0, 0.05) is 24.2 Å². The number of rotatable bonds is 3. The van der Waals surface area contributed by atoms with Crippen molar-refractivity contribution in [1.82, 2.24) is 0 Å². The van der Waals surface area contributed by atoms with Gasteiger partial charge in [0.05, 0.1) is 6.10 Å². The second-order valence-corrected chi connectivity index (χ2v) is 6.26. The van der Waals surface area contributed by atoms with E-state index in [1.54, 1.807) is 18.9 Å². The van der Waals surface area contributed by atoms with Gasteiger partial charge in [-0.2, -0.15) is 0 Å². The summed E-state index contributed by atoms with van der Waals surface area (Å²) in [6.07, 6.45) is -0.702. The first-order chi connectivity index (χ1) is 9.69. The molecule has 6 heteroatoms. The van der Waals surface area contributed by atoms with Gasteiger partial charge in [-0.25, -0.2) is 0 Å². The molecule has 5 atom stereocenters. The Kier molecular flexibility index (Phi) is 4.16. The fourth-order valence-corrected chi connectivity index (χ4v) is 3.92. The van der Waals surface area contributed by atoms with Crippen LogP contribution in [0.5, 0.6) is 0 Å². The molecule has 0 aliphatic carbocycles. The second-order valence-electron chi connectivity index (χ2n) is 4.76. The van der Waals surface area contributed by atoms with Crippen molar-refractivity contribution in [2.75, 3.05) is 7.11 Å². The summed E-state index contributed by atoms with van der Waals surface area (Å²) in [6, 6.07) is 10.1. The number of fused-ring (bicyclic) bond motifs is 1. The van der Waals surface area contributed by atoms with Crippen LogP contribution >= 0.6 is 24.0 Å². The Balaban J connectivity index is 1.79. The highest BCUT2D eigenvalue weighted by atomic mass is 32.2. The molecule has 0 unspecified atom stereocenters. The molecule has 3 rings (SSSR count). The maximum absolute atomic E-state index is 6.03. The van der Waals surface area contributed by atoms with Gasteiger partial charge in [-0.1, -0.05) is 30.0 Å². The van der Waals surface area contributed by atoms with Crippen LogP contribution in [-0.2, 0) is 18.9 Å². The van der Waals surface area contributed by atoms with Gasteiger partial charge < -0.3 is 18.9 Å². The molecular formula is C14H16O4S2. The average Bonchev–Trinajstić information content (AvgIpc) is 2.82. The third-order valence-corrected chi connectivity index (χ3v) is 4.81. The van der Waals surface area contributed by atoms with Gasteiger partial charge in [-0.15, -0.1) is 0 Å². The fraction of sp³-hybridized carbons (Fsp3) is 0.500. The molecule has 1 aromatic carbocycles. The lowest BCUT2D eigenvalue weighted by molar-refractivity contribution is -0.164. The minimum atomic E-state index is -0.242. The number of ether oxygens (including phenoxy) is 4. The lowest BCUT2D eigenvalue weighted by Crippen LogP contribution is -2.54. The van der Waals surface area contributed by atoms with E-state index in [-0.39, 0.29) is 35.1 Å². The first-order valence-corrected chi connectivity index (χ1v) is 7.75. The quantitative estimate of drug-likeness (QED) is 0.799. The number of hydrogen-bond acceptors (Lipinski definition) is 6. The lowest BCUT2D eigenvalue weighted by Gasteiger charge is -2.39. The monoisotopic (exact) mass is 312 g/mol. The molecule has 2 aliphatic heterocycles. The Morgan fingerprint density at radius 1 is 1.15 bits per heavy atom. The average molecular weight is 312 g/mol. The SMILES string of the molecule is CO[C@@H]1[C@H]2OC(=S)O[C@H]2[C@H](Sc2ccccc2)O[C@H]1C. The number of thioether (sulfide) groups is 1. The number of hydrogen-bond donors (Lipinski definition) is 0. The zero-order chi connectivity index (χ0) is 14.1. The Bertz CT molecular complexity index is 481. The summed E-state index contributed by atoms with van der Waals surface area (Å²) in [5.74, 6) is 0. The molecule has 0 radical (unpaired) electrons. The first-order valence-electron chi connectivity index (χ1n) is 6.46. The highest BCUT2D eigenvalue weighted by Crippen LogP contribution is 2.39. The summed E-state index contributed by atoms with van der Waals surface area (Å²) >= 11 is 6.64. The molecule has 0 saturated carbocycles. The molecule has 1 aromatic rings. The lowest BCUT2D eigenvalue weighted by atomic mass is 10.0. The van der Waals surface area contributed by atoms with E-state index in [4.69, 9.17) is 31.2 Å². The molecule has 0 aromatic heterocycles. The van der Waals surface area contributed by atoms with E-state index in [1.165, 1.54) is 0 Å². The summed E-state index contributed by atoms with van der Waals surface area (Å²) < 4.78 is 22.7. The zero-order valence-electron chi connectivity index (χ0n) is 11.2. The Morgan fingerprint density at radius 2 is 1.85 bits per heavy atom. The van der Waals surface area contributed by atoms with Crippen LogP contribution < -0.4 is 0 Å². The maximum atomic E-state index is 6.03. The molecule has 2 fully saturated rings. The van der Waals surface area contributed by atoms with Crippen molar-refractivity contribution in [3.63, 3.8) is 0 Å². The van der Waals surface area contributed by atoms with Crippen molar-refractivity contribution in [1.29, 1.82) is 0 Å². The van der Waals surface area contributed by atoms with Crippen molar-refractivity contribution in [3.05, 3.63) is 30.3 Å². The molecular weight excluding hydrogens is 296 g/mol. The Labute approximate surface area is 127 Å². The van der Waals surface area contributed by atoms with Crippen LogP contribution in [0.4, 0.5) is 0 Å². The minimum absolute atomic E-state index is 0.0769. The maximum Gasteiger partial charge on any atom is 0.353 e. The number of methoxy groups -OCH3 is 1. The first kappa shape index (κ1) is 14.1. The second kappa shape index (κ2) is 5.89. The predicted molar refractivity (Wildman–Crippen MR) is 79.8 cm³/mol. The van der Waals surface area contributed by atoms with Gasteiger partial charge in [0.2, 0.25) is 0 Å². The summed E-state index contributed by atoms with van der Waals surface area (Å²) in [6.45, 7) is 1.98. The van der Waals surface area contributed by atoms with Crippen molar-refractivity contribution in [3.8, 4) is 0 Å². The normalized spacial score (nSPS) is 36.1. The molecule has 20 heavy (non-hydrogen) atoms. The largest absolute Gasteiger partial charge is 0.447 e. The zero-order valence-corrected chi connectivity index (χ0v) is 12.9. The van der Waals surface area contributed by atoms with E-state index in [2.05, 4.69) is 0 Å². The Morgan fingerprint density at radius 3 is 2.55 bits per heavy atom. The van der Waals surface area contributed by atoms with Gasteiger partial charge in [0.1, 0.15) is 11.5 Å². The predicted octanol–water partition coefficient (Wildman–Crippen LogP) is 2.61.